The second-order valence-electron chi connectivity index (χ2n) is 7.39. The van der Waals surface area contributed by atoms with Crippen LogP contribution in [0.3, 0.4) is 0 Å². The van der Waals surface area contributed by atoms with Crippen LogP contribution in [0.1, 0.15) is 26.3 Å². The minimum absolute atomic E-state index is 0.173. The molecule has 152 valence electrons. The van der Waals surface area contributed by atoms with Crippen LogP contribution in [0.15, 0.2) is 29.3 Å². The summed E-state index contributed by atoms with van der Waals surface area (Å²) >= 11 is 0. The molecule has 1 aliphatic heterocycles. The molecule has 0 radical (unpaired) electrons. The van der Waals surface area contributed by atoms with Crippen molar-refractivity contribution in [2.45, 2.75) is 33.3 Å². The molecule has 0 aromatic heterocycles. The highest BCUT2D eigenvalue weighted by molar-refractivity contribution is 5.79. The first-order valence-corrected chi connectivity index (χ1v) is 10.1. The Labute approximate surface area is 164 Å². The molecule has 1 fully saturated rings. The van der Waals surface area contributed by atoms with Gasteiger partial charge in [0.05, 0.1) is 26.4 Å². The number of nitrogens with zero attached hydrogens (tertiary/aromatic N) is 2. The minimum atomic E-state index is 0.173. The van der Waals surface area contributed by atoms with Gasteiger partial charge in [-0.15, -0.1) is 0 Å². The number of hydrogen-bond donors (Lipinski definition) is 2. The van der Waals surface area contributed by atoms with E-state index in [2.05, 4.69) is 48.4 Å². The Hall–Kier alpha value is -1.79. The standard InChI is InChI=1S/C21H36N4O2/c1-5-22-21(23-10-9-18-7-6-8-19(13-18)26-4)24-14-20-16-25(11-12-27-20)15-17(2)3/h6-8,13,17,20H,5,9-12,14-16H2,1-4H3,(H2,22,23,24). The van der Waals surface area contributed by atoms with Crippen molar-refractivity contribution in [3.8, 4) is 5.75 Å². The normalized spacial score (nSPS) is 18.6. The Morgan fingerprint density at radius 2 is 2.22 bits per heavy atom. The molecule has 0 amide bonds. The maximum Gasteiger partial charge on any atom is 0.191 e. The summed E-state index contributed by atoms with van der Waals surface area (Å²) < 4.78 is 11.2. The lowest BCUT2D eigenvalue weighted by molar-refractivity contribution is -0.0261. The molecule has 1 aromatic carbocycles. The largest absolute Gasteiger partial charge is 0.497 e. The Morgan fingerprint density at radius 3 is 2.96 bits per heavy atom. The van der Waals surface area contributed by atoms with Crippen molar-refractivity contribution >= 4 is 5.96 Å². The number of aliphatic imine (C=N–C) groups is 1. The van der Waals surface area contributed by atoms with E-state index in [1.54, 1.807) is 7.11 Å². The first-order valence-electron chi connectivity index (χ1n) is 10.1. The van der Waals surface area contributed by atoms with Crippen molar-refractivity contribution in [2.24, 2.45) is 10.9 Å². The number of methoxy groups -OCH3 is 1. The number of rotatable bonds is 9. The Kier molecular flexibility index (Phi) is 9.42. The molecular formula is C21H36N4O2. The van der Waals surface area contributed by atoms with Gasteiger partial charge in [-0.3, -0.25) is 9.89 Å². The van der Waals surface area contributed by atoms with Crippen LogP contribution in [-0.2, 0) is 11.2 Å². The summed E-state index contributed by atoms with van der Waals surface area (Å²) in [6.45, 7) is 12.9. The van der Waals surface area contributed by atoms with E-state index in [0.29, 0.717) is 12.5 Å². The summed E-state index contributed by atoms with van der Waals surface area (Å²) in [5, 5.41) is 6.74. The van der Waals surface area contributed by atoms with Crippen LogP contribution in [0.5, 0.6) is 5.75 Å². The van der Waals surface area contributed by atoms with E-state index >= 15 is 0 Å². The molecular weight excluding hydrogens is 340 g/mol. The fraction of sp³-hybridized carbons (Fsp3) is 0.667. The average molecular weight is 377 g/mol. The minimum Gasteiger partial charge on any atom is -0.497 e. The summed E-state index contributed by atoms with van der Waals surface area (Å²) in [5.74, 6) is 2.43. The lowest BCUT2D eigenvalue weighted by Crippen LogP contribution is -2.46. The number of guanidine groups is 1. The lowest BCUT2D eigenvalue weighted by atomic mass is 10.1. The molecule has 1 heterocycles. The van der Waals surface area contributed by atoms with Crippen LogP contribution >= 0.6 is 0 Å². The predicted octanol–water partition coefficient (Wildman–Crippen LogP) is 2.15. The van der Waals surface area contributed by atoms with E-state index in [0.717, 1.165) is 57.5 Å². The monoisotopic (exact) mass is 376 g/mol. The van der Waals surface area contributed by atoms with E-state index in [9.17, 15) is 0 Å². The van der Waals surface area contributed by atoms with Gasteiger partial charge >= 0.3 is 0 Å². The molecule has 1 unspecified atom stereocenters. The Balaban J connectivity index is 1.80. The van der Waals surface area contributed by atoms with Gasteiger partial charge in [-0.1, -0.05) is 26.0 Å². The van der Waals surface area contributed by atoms with Crippen LogP contribution in [0.4, 0.5) is 0 Å². The maximum absolute atomic E-state index is 5.90. The molecule has 27 heavy (non-hydrogen) atoms. The van der Waals surface area contributed by atoms with Crippen molar-refractivity contribution in [1.82, 2.24) is 15.5 Å². The third-order valence-electron chi connectivity index (χ3n) is 4.48. The molecule has 0 saturated carbocycles. The quantitative estimate of drug-likeness (QED) is 0.511. The fourth-order valence-electron chi connectivity index (χ4n) is 3.26. The van der Waals surface area contributed by atoms with Crippen molar-refractivity contribution < 1.29 is 9.47 Å². The number of morpholine rings is 1. The summed E-state index contributed by atoms with van der Waals surface area (Å²) in [4.78, 5) is 7.22. The summed E-state index contributed by atoms with van der Waals surface area (Å²) in [6.07, 6.45) is 1.09. The predicted molar refractivity (Wildman–Crippen MR) is 112 cm³/mol. The molecule has 0 aliphatic carbocycles. The van der Waals surface area contributed by atoms with E-state index in [4.69, 9.17) is 14.5 Å². The zero-order valence-corrected chi connectivity index (χ0v) is 17.3. The molecule has 0 spiro atoms. The number of benzene rings is 1. The van der Waals surface area contributed by atoms with Gasteiger partial charge in [0.2, 0.25) is 0 Å². The van der Waals surface area contributed by atoms with Crippen molar-refractivity contribution in [1.29, 1.82) is 0 Å². The molecule has 6 nitrogen and oxygen atoms in total. The van der Waals surface area contributed by atoms with Gasteiger partial charge in [-0.2, -0.15) is 0 Å². The number of ether oxygens (including phenoxy) is 2. The lowest BCUT2D eigenvalue weighted by Gasteiger charge is -2.33. The van der Waals surface area contributed by atoms with Gasteiger partial charge in [-0.25, -0.2) is 0 Å². The maximum atomic E-state index is 5.90. The zero-order valence-electron chi connectivity index (χ0n) is 17.3. The van der Waals surface area contributed by atoms with Gasteiger partial charge in [-0.05, 0) is 37.0 Å². The van der Waals surface area contributed by atoms with Crippen LogP contribution in [0, 0.1) is 5.92 Å². The summed E-state index contributed by atoms with van der Waals surface area (Å²) in [7, 11) is 1.70. The van der Waals surface area contributed by atoms with Gasteiger partial charge in [0.15, 0.2) is 5.96 Å². The highest BCUT2D eigenvalue weighted by atomic mass is 16.5. The molecule has 1 aliphatic rings. The van der Waals surface area contributed by atoms with Crippen LogP contribution in [0.2, 0.25) is 0 Å². The molecule has 2 N–H and O–H groups in total. The third-order valence-corrected chi connectivity index (χ3v) is 4.48. The molecule has 1 aromatic rings. The molecule has 1 atom stereocenters. The molecule has 1 saturated heterocycles. The fourth-order valence-corrected chi connectivity index (χ4v) is 3.26. The SMILES string of the molecule is CCNC(=NCC1CN(CC(C)C)CCO1)NCCc1cccc(OC)c1. The second-order valence-corrected chi connectivity index (χ2v) is 7.39. The van der Waals surface area contributed by atoms with Gasteiger partial charge < -0.3 is 20.1 Å². The first kappa shape index (κ1) is 21.5. The van der Waals surface area contributed by atoms with Gasteiger partial charge in [0.1, 0.15) is 5.75 Å². The first-order chi connectivity index (χ1) is 13.1. The average Bonchev–Trinajstić information content (AvgIpc) is 2.66. The van der Waals surface area contributed by atoms with E-state index in [-0.39, 0.29) is 6.10 Å². The van der Waals surface area contributed by atoms with Crippen LogP contribution in [-0.4, -0.2) is 69.9 Å². The van der Waals surface area contributed by atoms with Gasteiger partial charge in [0, 0.05) is 32.7 Å². The Bertz CT molecular complexity index is 577. The highest BCUT2D eigenvalue weighted by Crippen LogP contribution is 2.12. The summed E-state index contributed by atoms with van der Waals surface area (Å²) in [6, 6.07) is 8.18. The number of nitrogens with one attached hydrogen (secondary N) is 2. The second kappa shape index (κ2) is 11.8. The van der Waals surface area contributed by atoms with Crippen LogP contribution in [0.25, 0.3) is 0 Å². The Morgan fingerprint density at radius 1 is 1.37 bits per heavy atom. The van der Waals surface area contributed by atoms with Crippen molar-refractivity contribution in [3.05, 3.63) is 29.8 Å². The molecule has 0 bridgehead atoms. The van der Waals surface area contributed by atoms with Crippen molar-refractivity contribution in [2.75, 3.05) is 53.0 Å². The van der Waals surface area contributed by atoms with E-state index in [1.165, 1.54) is 5.56 Å². The van der Waals surface area contributed by atoms with Gasteiger partial charge in [0.25, 0.3) is 0 Å². The highest BCUT2D eigenvalue weighted by Gasteiger charge is 2.20. The smallest absolute Gasteiger partial charge is 0.191 e. The molecule has 2 rings (SSSR count). The topological polar surface area (TPSA) is 58.1 Å². The zero-order chi connectivity index (χ0) is 19.5. The van der Waals surface area contributed by atoms with Crippen LogP contribution < -0.4 is 15.4 Å². The van der Waals surface area contributed by atoms with Crippen molar-refractivity contribution in [3.63, 3.8) is 0 Å². The molecule has 6 heteroatoms. The summed E-state index contributed by atoms with van der Waals surface area (Å²) in [5.41, 5.74) is 1.25. The third kappa shape index (κ3) is 8.18. The number of hydrogen-bond acceptors (Lipinski definition) is 4. The van der Waals surface area contributed by atoms with E-state index < -0.39 is 0 Å². The van der Waals surface area contributed by atoms with E-state index in [1.807, 2.05) is 12.1 Å².